The van der Waals surface area contributed by atoms with E-state index in [2.05, 4.69) is 80.0 Å². The van der Waals surface area contributed by atoms with E-state index < -0.39 is 0 Å². The Kier molecular flexibility index (Phi) is 4.99. The minimum absolute atomic E-state index is 0.844. The fourth-order valence-electron chi connectivity index (χ4n) is 2.08. The van der Waals surface area contributed by atoms with Gasteiger partial charge in [0, 0.05) is 29.6 Å². The van der Waals surface area contributed by atoms with Crippen LogP contribution in [0, 0.1) is 6.92 Å². The lowest BCUT2D eigenvalue weighted by atomic mass is 10.2. The van der Waals surface area contributed by atoms with Gasteiger partial charge in [-0.1, -0.05) is 50.1 Å². The maximum absolute atomic E-state index is 4.55. The number of pyridine rings is 1. The van der Waals surface area contributed by atoms with Gasteiger partial charge in [-0.15, -0.1) is 0 Å². The van der Waals surface area contributed by atoms with E-state index in [1.54, 1.807) is 0 Å². The predicted octanol–water partition coefficient (Wildman–Crippen LogP) is 4.68. The highest BCUT2D eigenvalue weighted by atomic mass is 79.9. The second-order valence-electron chi connectivity index (χ2n) is 4.60. The van der Waals surface area contributed by atoms with Crippen molar-refractivity contribution in [3.05, 3.63) is 57.7 Å². The topological polar surface area (TPSA) is 16.1 Å². The highest BCUT2D eigenvalue weighted by Crippen LogP contribution is 2.20. The molecule has 2 nitrogen and oxygen atoms in total. The first-order valence-corrected chi connectivity index (χ1v) is 7.98. The number of alkyl halides is 1. The second-order valence-corrected chi connectivity index (χ2v) is 6.08. The summed E-state index contributed by atoms with van der Waals surface area (Å²) in [5.74, 6) is 1.03. The molecule has 0 fully saturated rings. The molecule has 0 atom stereocenters. The van der Waals surface area contributed by atoms with Crippen LogP contribution < -0.4 is 4.90 Å². The Morgan fingerprint density at radius 1 is 1.21 bits per heavy atom. The van der Waals surface area contributed by atoms with Crippen LogP contribution in [0.15, 0.2) is 41.0 Å². The third kappa shape index (κ3) is 3.80. The molecule has 0 aliphatic rings. The van der Waals surface area contributed by atoms with Crippen LogP contribution in [-0.4, -0.2) is 12.0 Å². The Balaban J connectivity index is 2.18. The first-order valence-electron chi connectivity index (χ1n) is 6.07. The molecule has 0 radical (unpaired) electrons. The van der Waals surface area contributed by atoms with Crippen molar-refractivity contribution in [2.45, 2.75) is 18.8 Å². The number of benzene rings is 1. The summed E-state index contributed by atoms with van der Waals surface area (Å²) < 4.78 is 1.11. The molecule has 2 aromatic rings. The lowest BCUT2D eigenvalue weighted by Gasteiger charge is -2.20. The van der Waals surface area contributed by atoms with E-state index in [4.69, 9.17) is 0 Å². The molecular formula is C15H16Br2N2. The largest absolute Gasteiger partial charge is 0.355 e. The molecule has 0 N–H and O–H groups in total. The van der Waals surface area contributed by atoms with Gasteiger partial charge in [0.15, 0.2) is 0 Å². The van der Waals surface area contributed by atoms with Gasteiger partial charge in [-0.25, -0.2) is 4.98 Å². The van der Waals surface area contributed by atoms with Crippen molar-refractivity contribution >= 4 is 37.7 Å². The molecule has 0 bridgehead atoms. The van der Waals surface area contributed by atoms with Gasteiger partial charge in [-0.2, -0.15) is 0 Å². The number of anilines is 1. The molecule has 4 heteroatoms. The molecule has 0 aliphatic heterocycles. The van der Waals surface area contributed by atoms with Crippen LogP contribution >= 0.6 is 31.9 Å². The van der Waals surface area contributed by atoms with E-state index in [1.165, 1.54) is 16.7 Å². The number of aryl methyl sites for hydroxylation is 1. The van der Waals surface area contributed by atoms with E-state index in [1.807, 2.05) is 12.3 Å². The molecular weight excluding hydrogens is 368 g/mol. The van der Waals surface area contributed by atoms with E-state index in [9.17, 15) is 0 Å². The fourth-order valence-corrected chi connectivity index (χ4v) is 2.84. The quantitative estimate of drug-likeness (QED) is 0.712. The molecule has 100 valence electrons. The summed E-state index contributed by atoms with van der Waals surface area (Å²) >= 11 is 6.96. The number of aromatic nitrogens is 1. The van der Waals surface area contributed by atoms with Crippen LogP contribution in [0.3, 0.4) is 0 Å². The van der Waals surface area contributed by atoms with Gasteiger partial charge in [0.05, 0.1) is 0 Å². The van der Waals surface area contributed by atoms with E-state index in [0.29, 0.717) is 0 Å². The van der Waals surface area contributed by atoms with Crippen LogP contribution in [0.4, 0.5) is 5.82 Å². The number of hydrogen-bond acceptors (Lipinski definition) is 2. The van der Waals surface area contributed by atoms with E-state index in [0.717, 1.165) is 22.2 Å². The standard InChI is InChI=1S/C15H16Br2N2/c1-11-6-13(8-16)9-18-15(11)19(2)10-12-4-3-5-14(17)7-12/h3-7,9H,8,10H2,1-2H3. The number of halogens is 2. The molecule has 2 rings (SSSR count). The van der Waals surface area contributed by atoms with Crippen LogP contribution in [0.25, 0.3) is 0 Å². The van der Waals surface area contributed by atoms with Gasteiger partial charge in [0.25, 0.3) is 0 Å². The Morgan fingerprint density at radius 2 is 2.00 bits per heavy atom. The monoisotopic (exact) mass is 382 g/mol. The lowest BCUT2D eigenvalue weighted by molar-refractivity contribution is 0.888. The predicted molar refractivity (Wildman–Crippen MR) is 87.9 cm³/mol. The summed E-state index contributed by atoms with van der Waals surface area (Å²) in [6, 6.07) is 10.5. The summed E-state index contributed by atoms with van der Waals surface area (Å²) in [5, 5.41) is 0.844. The van der Waals surface area contributed by atoms with Crippen LogP contribution in [-0.2, 0) is 11.9 Å². The van der Waals surface area contributed by atoms with Crippen LogP contribution in [0.2, 0.25) is 0 Å². The van der Waals surface area contributed by atoms with Crippen molar-refractivity contribution in [1.82, 2.24) is 4.98 Å². The molecule has 19 heavy (non-hydrogen) atoms. The normalized spacial score (nSPS) is 10.5. The second kappa shape index (κ2) is 6.53. The first kappa shape index (κ1) is 14.5. The van der Waals surface area contributed by atoms with Gasteiger partial charge in [-0.3, -0.25) is 0 Å². The van der Waals surface area contributed by atoms with Crippen molar-refractivity contribution in [1.29, 1.82) is 0 Å². The molecule has 1 aromatic heterocycles. The Labute approximate surface area is 131 Å². The van der Waals surface area contributed by atoms with Crippen molar-refractivity contribution < 1.29 is 0 Å². The highest BCUT2D eigenvalue weighted by Gasteiger charge is 2.08. The highest BCUT2D eigenvalue weighted by molar-refractivity contribution is 9.10. The van der Waals surface area contributed by atoms with Crippen molar-refractivity contribution in [3.63, 3.8) is 0 Å². The Bertz CT molecular complexity index is 570. The summed E-state index contributed by atoms with van der Waals surface area (Å²) in [4.78, 5) is 6.73. The van der Waals surface area contributed by atoms with Crippen molar-refractivity contribution in [3.8, 4) is 0 Å². The average Bonchev–Trinajstić information content (AvgIpc) is 2.38. The van der Waals surface area contributed by atoms with Crippen LogP contribution in [0.5, 0.6) is 0 Å². The summed E-state index contributed by atoms with van der Waals surface area (Å²) in [6.07, 6.45) is 1.93. The molecule has 0 unspecified atom stereocenters. The average molecular weight is 384 g/mol. The molecule has 0 saturated heterocycles. The maximum atomic E-state index is 4.55. The molecule has 0 amide bonds. The number of rotatable bonds is 4. The zero-order valence-electron chi connectivity index (χ0n) is 11.0. The minimum atomic E-state index is 0.844. The van der Waals surface area contributed by atoms with E-state index >= 15 is 0 Å². The summed E-state index contributed by atoms with van der Waals surface area (Å²) in [7, 11) is 2.07. The zero-order valence-corrected chi connectivity index (χ0v) is 14.2. The molecule has 0 aliphatic carbocycles. The van der Waals surface area contributed by atoms with E-state index in [-0.39, 0.29) is 0 Å². The van der Waals surface area contributed by atoms with Gasteiger partial charge in [-0.05, 0) is 35.7 Å². The van der Waals surface area contributed by atoms with Crippen molar-refractivity contribution in [2.75, 3.05) is 11.9 Å². The zero-order chi connectivity index (χ0) is 13.8. The van der Waals surface area contributed by atoms with Gasteiger partial charge in [0.2, 0.25) is 0 Å². The minimum Gasteiger partial charge on any atom is -0.355 e. The molecule has 1 aromatic carbocycles. The van der Waals surface area contributed by atoms with Crippen molar-refractivity contribution in [2.24, 2.45) is 0 Å². The van der Waals surface area contributed by atoms with Gasteiger partial charge >= 0.3 is 0 Å². The third-order valence-electron chi connectivity index (χ3n) is 2.93. The third-order valence-corrected chi connectivity index (χ3v) is 4.07. The maximum Gasteiger partial charge on any atom is 0.131 e. The summed E-state index contributed by atoms with van der Waals surface area (Å²) in [6.45, 7) is 2.95. The Hall–Kier alpha value is -0.870. The molecule has 1 heterocycles. The Morgan fingerprint density at radius 3 is 2.63 bits per heavy atom. The van der Waals surface area contributed by atoms with Gasteiger partial charge in [0.1, 0.15) is 5.82 Å². The molecule has 0 saturated carbocycles. The SMILES string of the molecule is Cc1cc(CBr)cnc1N(C)Cc1cccc(Br)c1. The lowest BCUT2D eigenvalue weighted by Crippen LogP contribution is -2.18. The fraction of sp³-hybridized carbons (Fsp3) is 0.267. The number of nitrogens with zero attached hydrogens (tertiary/aromatic N) is 2. The number of hydrogen-bond donors (Lipinski definition) is 0. The van der Waals surface area contributed by atoms with Crippen LogP contribution in [0.1, 0.15) is 16.7 Å². The molecule has 0 spiro atoms. The first-order chi connectivity index (χ1) is 9.10. The van der Waals surface area contributed by atoms with Gasteiger partial charge < -0.3 is 4.90 Å². The smallest absolute Gasteiger partial charge is 0.131 e. The summed E-state index contributed by atoms with van der Waals surface area (Å²) in [5.41, 5.74) is 3.68.